The van der Waals surface area contributed by atoms with Crippen molar-refractivity contribution in [2.45, 2.75) is 0 Å². The zero-order valence-corrected chi connectivity index (χ0v) is 10.5. The molecule has 2 heteroatoms. The zero-order chi connectivity index (χ0) is 8.55. The highest BCUT2D eigenvalue weighted by atomic mass is 127. The molecule has 0 aliphatic rings. The average Bonchev–Trinajstić information content (AvgIpc) is 2.12. The van der Waals surface area contributed by atoms with Crippen molar-refractivity contribution in [1.82, 2.24) is 0 Å². The van der Waals surface area contributed by atoms with Crippen molar-refractivity contribution in [2.75, 3.05) is 0 Å². The van der Waals surface area contributed by atoms with Crippen molar-refractivity contribution in [1.29, 1.82) is 0 Å². The van der Waals surface area contributed by atoms with Gasteiger partial charge < -0.3 is 0 Å². The minimum atomic E-state index is 1.32. The van der Waals surface area contributed by atoms with E-state index in [0.29, 0.717) is 0 Å². The van der Waals surface area contributed by atoms with E-state index in [0.717, 1.165) is 0 Å². The van der Waals surface area contributed by atoms with Crippen LogP contribution in [0.15, 0.2) is 36.4 Å². The van der Waals surface area contributed by atoms with Crippen LogP contribution in [0.25, 0.3) is 10.8 Å². The first kappa shape index (κ1) is 8.74. The van der Waals surface area contributed by atoms with Crippen molar-refractivity contribution in [3.8, 4) is 0 Å². The quantitative estimate of drug-likeness (QED) is 0.606. The first-order chi connectivity index (χ1) is 5.79. The Morgan fingerprint density at radius 3 is 2.42 bits per heavy atom. The summed E-state index contributed by atoms with van der Waals surface area (Å²) in [4.78, 5) is 0. The molecule has 0 saturated carbocycles. The van der Waals surface area contributed by atoms with Crippen LogP contribution in [0.1, 0.15) is 0 Å². The Labute approximate surface area is 98.6 Å². The third-order valence-electron chi connectivity index (χ3n) is 1.82. The lowest BCUT2D eigenvalue weighted by molar-refractivity contribution is 1.64. The molecule has 0 atom stereocenters. The molecule has 0 bridgehead atoms. The van der Waals surface area contributed by atoms with Crippen LogP contribution in [0.2, 0.25) is 0 Å². The van der Waals surface area contributed by atoms with E-state index in [-0.39, 0.29) is 0 Å². The van der Waals surface area contributed by atoms with E-state index >= 15 is 0 Å². The minimum Gasteiger partial charge on any atom is -0.0616 e. The van der Waals surface area contributed by atoms with Crippen molar-refractivity contribution >= 4 is 56.0 Å². The summed E-state index contributed by atoms with van der Waals surface area (Å²) >= 11 is 4.76. The number of benzene rings is 2. The van der Waals surface area contributed by atoms with E-state index in [4.69, 9.17) is 0 Å². The van der Waals surface area contributed by atoms with E-state index in [1.807, 2.05) is 0 Å². The first-order valence-corrected chi connectivity index (χ1v) is 5.77. The van der Waals surface area contributed by atoms with Crippen LogP contribution in [0.4, 0.5) is 0 Å². The molecular weight excluding hydrogens is 374 g/mol. The topological polar surface area (TPSA) is 0 Å². The van der Waals surface area contributed by atoms with Crippen LogP contribution in [-0.2, 0) is 0 Å². The first-order valence-electron chi connectivity index (χ1n) is 3.62. The van der Waals surface area contributed by atoms with Crippen LogP contribution >= 0.6 is 45.2 Å². The van der Waals surface area contributed by atoms with Gasteiger partial charge in [0.1, 0.15) is 0 Å². The monoisotopic (exact) mass is 380 g/mol. The fourth-order valence-electron chi connectivity index (χ4n) is 1.21. The van der Waals surface area contributed by atoms with Crippen molar-refractivity contribution in [3.63, 3.8) is 0 Å². The van der Waals surface area contributed by atoms with Gasteiger partial charge in [0.05, 0.1) is 0 Å². The van der Waals surface area contributed by atoms with Crippen LogP contribution < -0.4 is 0 Å². The summed E-state index contributed by atoms with van der Waals surface area (Å²) in [5.41, 5.74) is 0. The Bertz CT molecular complexity index is 421. The molecule has 12 heavy (non-hydrogen) atoms. The van der Waals surface area contributed by atoms with Gasteiger partial charge in [0.15, 0.2) is 0 Å². The molecule has 0 spiro atoms. The predicted octanol–water partition coefficient (Wildman–Crippen LogP) is 4.05. The van der Waals surface area contributed by atoms with Crippen LogP contribution in [0.3, 0.4) is 0 Å². The third-order valence-corrected chi connectivity index (χ3v) is 4.91. The minimum absolute atomic E-state index is 1.32. The van der Waals surface area contributed by atoms with Gasteiger partial charge in [0.2, 0.25) is 0 Å². The Kier molecular flexibility index (Phi) is 2.55. The summed E-state index contributed by atoms with van der Waals surface area (Å²) in [7, 11) is 0. The lowest BCUT2D eigenvalue weighted by atomic mass is 10.1. The lowest BCUT2D eigenvalue weighted by Crippen LogP contribution is -1.81. The zero-order valence-electron chi connectivity index (χ0n) is 6.22. The third kappa shape index (κ3) is 1.46. The van der Waals surface area contributed by atoms with Gasteiger partial charge in [-0.25, -0.2) is 0 Å². The van der Waals surface area contributed by atoms with E-state index in [1.54, 1.807) is 0 Å². The number of halogens is 2. The van der Waals surface area contributed by atoms with Gasteiger partial charge in [0, 0.05) is 7.14 Å². The standard InChI is InChI=1S/C10H6I2/c11-9-6-5-7-3-1-2-4-8(7)10(9)12/h1-6H. The van der Waals surface area contributed by atoms with Gasteiger partial charge in [-0.05, 0) is 62.0 Å². The second-order valence-electron chi connectivity index (χ2n) is 2.58. The molecule has 2 aromatic rings. The van der Waals surface area contributed by atoms with Crippen molar-refractivity contribution in [3.05, 3.63) is 43.5 Å². The molecule has 0 nitrogen and oxygen atoms in total. The molecule has 0 aliphatic heterocycles. The van der Waals surface area contributed by atoms with Crippen LogP contribution in [-0.4, -0.2) is 0 Å². The highest BCUT2D eigenvalue weighted by Gasteiger charge is 2.00. The summed E-state index contributed by atoms with van der Waals surface area (Å²) in [6.45, 7) is 0. The smallest absolute Gasteiger partial charge is 0.0342 e. The van der Waals surface area contributed by atoms with Gasteiger partial charge in [0.25, 0.3) is 0 Å². The molecule has 0 aliphatic carbocycles. The van der Waals surface area contributed by atoms with E-state index in [1.165, 1.54) is 17.9 Å². The van der Waals surface area contributed by atoms with Gasteiger partial charge in [-0.3, -0.25) is 0 Å². The molecule has 0 aromatic heterocycles. The number of hydrogen-bond donors (Lipinski definition) is 0. The number of fused-ring (bicyclic) bond motifs is 1. The maximum atomic E-state index is 2.40. The molecule has 2 rings (SSSR count). The summed E-state index contributed by atoms with van der Waals surface area (Å²) < 4.78 is 2.68. The molecule has 0 saturated heterocycles. The van der Waals surface area contributed by atoms with Crippen molar-refractivity contribution in [2.24, 2.45) is 0 Å². The van der Waals surface area contributed by atoms with Gasteiger partial charge in [-0.2, -0.15) is 0 Å². The van der Waals surface area contributed by atoms with E-state index in [2.05, 4.69) is 81.6 Å². The molecule has 0 N–H and O–H groups in total. The molecule has 60 valence electrons. The fourth-order valence-corrected chi connectivity index (χ4v) is 2.35. The molecule has 0 amide bonds. The predicted molar refractivity (Wildman–Crippen MR) is 69.4 cm³/mol. The highest BCUT2D eigenvalue weighted by molar-refractivity contribution is 14.1. The highest BCUT2D eigenvalue weighted by Crippen LogP contribution is 2.24. The Morgan fingerprint density at radius 1 is 0.833 bits per heavy atom. The molecule has 0 radical (unpaired) electrons. The van der Waals surface area contributed by atoms with E-state index in [9.17, 15) is 0 Å². The SMILES string of the molecule is Ic1ccc2ccccc2c1I. The molecular formula is C10H6I2. The van der Waals surface area contributed by atoms with Crippen LogP contribution in [0.5, 0.6) is 0 Å². The molecule has 2 aromatic carbocycles. The lowest BCUT2D eigenvalue weighted by Gasteiger charge is -2.01. The fraction of sp³-hybridized carbons (Fsp3) is 0. The maximum Gasteiger partial charge on any atom is 0.0342 e. The molecule has 0 unspecified atom stereocenters. The van der Waals surface area contributed by atoms with Gasteiger partial charge in [-0.15, -0.1) is 0 Å². The largest absolute Gasteiger partial charge is 0.0616 e. The Balaban J connectivity index is 2.91. The summed E-state index contributed by atoms with van der Waals surface area (Å²) in [6, 6.07) is 12.8. The second kappa shape index (κ2) is 3.49. The maximum absolute atomic E-state index is 2.40. The van der Waals surface area contributed by atoms with E-state index < -0.39 is 0 Å². The van der Waals surface area contributed by atoms with Gasteiger partial charge in [-0.1, -0.05) is 30.3 Å². The van der Waals surface area contributed by atoms with Crippen LogP contribution in [0, 0.1) is 7.14 Å². The second-order valence-corrected chi connectivity index (χ2v) is 4.82. The Hall–Kier alpha value is 0.160. The van der Waals surface area contributed by atoms with Crippen molar-refractivity contribution < 1.29 is 0 Å². The Morgan fingerprint density at radius 2 is 1.58 bits per heavy atom. The molecule has 0 fully saturated rings. The normalized spacial score (nSPS) is 10.5. The average molecular weight is 380 g/mol. The van der Waals surface area contributed by atoms with Gasteiger partial charge >= 0.3 is 0 Å². The summed E-state index contributed by atoms with van der Waals surface area (Å²) in [5, 5.41) is 2.67. The molecule has 0 heterocycles. The summed E-state index contributed by atoms with van der Waals surface area (Å²) in [6.07, 6.45) is 0. The summed E-state index contributed by atoms with van der Waals surface area (Å²) in [5.74, 6) is 0. The number of hydrogen-bond acceptors (Lipinski definition) is 0. The number of rotatable bonds is 0.